The number of nitrogens with zero attached hydrogens (tertiary/aromatic N) is 1. The van der Waals surface area contributed by atoms with E-state index in [4.69, 9.17) is 4.74 Å². The molecule has 2 N–H and O–H groups in total. The minimum absolute atomic E-state index is 0.108. The zero-order valence-corrected chi connectivity index (χ0v) is 15.7. The van der Waals surface area contributed by atoms with E-state index in [1.54, 1.807) is 6.07 Å². The highest BCUT2D eigenvalue weighted by Gasteiger charge is 2.23. The van der Waals surface area contributed by atoms with E-state index >= 15 is 0 Å². The Morgan fingerprint density at radius 2 is 2.00 bits per heavy atom. The summed E-state index contributed by atoms with van der Waals surface area (Å²) >= 11 is 0. The van der Waals surface area contributed by atoms with Crippen LogP contribution in [-0.2, 0) is 9.53 Å². The fraction of sp³-hybridized carbons (Fsp3) is 0.600. The standard InChI is InChI=1S/C20H29N3O3/c1-14-7-9-23(10-8-14)19-6-5-16(22-15(2)24)12-18(19)20(25)21-13-17-4-3-11-26-17/h5-6,12,14,17H,3-4,7-11,13H2,1-2H3,(H,21,25)(H,22,24)/t17-/m0/s1. The van der Waals surface area contributed by atoms with Gasteiger partial charge in [0.1, 0.15) is 0 Å². The van der Waals surface area contributed by atoms with E-state index in [9.17, 15) is 9.59 Å². The molecule has 0 saturated carbocycles. The summed E-state index contributed by atoms with van der Waals surface area (Å²) in [6.45, 7) is 6.94. The minimum Gasteiger partial charge on any atom is -0.376 e. The smallest absolute Gasteiger partial charge is 0.253 e. The molecule has 2 fully saturated rings. The summed E-state index contributed by atoms with van der Waals surface area (Å²) in [5.74, 6) is 0.471. The SMILES string of the molecule is CC(=O)Nc1ccc(N2CCC(C)CC2)c(C(=O)NC[C@@H]2CCCO2)c1. The van der Waals surface area contributed by atoms with E-state index in [1.165, 1.54) is 6.92 Å². The minimum atomic E-state index is -0.143. The maximum absolute atomic E-state index is 12.9. The summed E-state index contributed by atoms with van der Waals surface area (Å²) in [5, 5.41) is 5.78. The first-order chi connectivity index (χ1) is 12.5. The molecule has 0 unspecified atom stereocenters. The van der Waals surface area contributed by atoms with Crippen LogP contribution in [0.2, 0.25) is 0 Å². The van der Waals surface area contributed by atoms with Crippen LogP contribution in [0, 0.1) is 5.92 Å². The van der Waals surface area contributed by atoms with Crippen LogP contribution >= 0.6 is 0 Å². The number of hydrogen-bond acceptors (Lipinski definition) is 4. The van der Waals surface area contributed by atoms with Crippen molar-refractivity contribution < 1.29 is 14.3 Å². The highest BCUT2D eigenvalue weighted by molar-refractivity contribution is 6.02. The molecule has 0 bridgehead atoms. The van der Waals surface area contributed by atoms with Crippen molar-refractivity contribution in [2.24, 2.45) is 5.92 Å². The van der Waals surface area contributed by atoms with E-state index in [2.05, 4.69) is 22.5 Å². The van der Waals surface area contributed by atoms with Gasteiger partial charge < -0.3 is 20.3 Å². The summed E-state index contributed by atoms with van der Waals surface area (Å²) in [6, 6.07) is 5.59. The number of piperidine rings is 1. The summed E-state index contributed by atoms with van der Waals surface area (Å²) in [5.41, 5.74) is 2.20. The van der Waals surface area contributed by atoms with Crippen molar-refractivity contribution in [3.05, 3.63) is 23.8 Å². The first-order valence-electron chi connectivity index (χ1n) is 9.59. The van der Waals surface area contributed by atoms with Gasteiger partial charge in [-0.15, -0.1) is 0 Å². The Balaban J connectivity index is 1.78. The Bertz CT molecular complexity index is 648. The zero-order chi connectivity index (χ0) is 18.5. The summed E-state index contributed by atoms with van der Waals surface area (Å²) in [6.07, 6.45) is 4.41. The van der Waals surface area contributed by atoms with Crippen LogP contribution in [0.5, 0.6) is 0 Å². The molecule has 2 heterocycles. The molecule has 3 rings (SSSR count). The molecule has 2 aliphatic heterocycles. The molecule has 1 atom stereocenters. The Kier molecular flexibility index (Phi) is 6.14. The molecule has 6 heteroatoms. The zero-order valence-electron chi connectivity index (χ0n) is 15.7. The van der Waals surface area contributed by atoms with Crippen molar-refractivity contribution in [2.75, 3.05) is 36.5 Å². The van der Waals surface area contributed by atoms with Gasteiger partial charge in [0.25, 0.3) is 5.91 Å². The number of carbonyl (C=O) groups excluding carboxylic acids is 2. The molecule has 142 valence electrons. The van der Waals surface area contributed by atoms with Gasteiger partial charge in [0, 0.05) is 44.5 Å². The molecular formula is C20H29N3O3. The van der Waals surface area contributed by atoms with Gasteiger partial charge in [-0.05, 0) is 49.8 Å². The third-order valence-corrected chi connectivity index (χ3v) is 5.20. The van der Waals surface area contributed by atoms with Crippen LogP contribution in [0.25, 0.3) is 0 Å². The topological polar surface area (TPSA) is 70.7 Å². The van der Waals surface area contributed by atoms with E-state index in [0.29, 0.717) is 17.8 Å². The molecule has 1 aromatic rings. The fourth-order valence-corrected chi connectivity index (χ4v) is 3.63. The molecule has 6 nitrogen and oxygen atoms in total. The van der Waals surface area contributed by atoms with Gasteiger partial charge in [-0.25, -0.2) is 0 Å². The van der Waals surface area contributed by atoms with Gasteiger partial charge in [0.05, 0.1) is 11.7 Å². The quantitative estimate of drug-likeness (QED) is 0.848. The number of nitrogens with one attached hydrogen (secondary N) is 2. The van der Waals surface area contributed by atoms with Crippen LogP contribution < -0.4 is 15.5 Å². The molecule has 0 radical (unpaired) electrons. The second-order valence-electron chi connectivity index (χ2n) is 7.43. The molecule has 26 heavy (non-hydrogen) atoms. The Morgan fingerprint density at radius 3 is 2.65 bits per heavy atom. The number of carbonyl (C=O) groups is 2. The predicted molar refractivity (Wildman–Crippen MR) is 103 cm³/mol. The van der Waals surface area contributed by atoms with Gasteiger partial charge >= 0.3 is 0 Å². The van der Waals surface area contributed by atoms with Crippen LogP contribution in [0.1, 0.15) is 49.9 Å². The fourth-order valence-electron chi connectivity index (χ4n) is 3.63. The maximum Gasteiger partial charge on any atom is 0.253 e. The van der Waals surface area contributed by atoms with Crippen molar-refractivity contribution >= 4 is 23.2 Å². The molecule has 2 aliphatic rings. The molecule has 0 spiro atoms. The largest absolute Gasteiger partial charge is 0.376 e. The van der Waals surface area contributed by atoms with Gasteiger partial charge in [-0.2, -0.15) is 0 Å². The van der Waals surface area contributed by atoms with Crippen molar-refractivity contribution in [3.8, 4) is 0 Å². The lowest BCUT2D eigenvalue weighted by Crippen LogP contribution is -2.36. The normalized spacial score (nSPS) is 20.8. The van der Waals surface area contributed by atoms with E-state index in [-0.39, 0.29) is 17.9 Å². The van der Waals surface area contributed by atoms with Crippen molar-refractivity contribution in [2.45, 2.75) is 45.6 Å². The molecular weight excluding hydrogens is 330 g/mol. The number of anilines is 2. The van der Waals surface area contributed by atoms with Gasteiger partial charge in [-0.3, -0.25) is 9.59 Å². The number of ether oxygens (including phenoxy) is 1. The summed E-state index contributed by atoms with van der Waals surface area (Å²) < 4.78 is 5.59. The van der Waals surface area contributed by atoms with Gasteiger partial charge in [-0.1, -0.05) is 6.92 Å². The average molecular weight is 359 g/mol. The molecule has 0 aromatic heterocycles. The summed E-state index contributed by atoms with van der Waals surface area (Å²) in [7, 11) is 0. The monoisotopic (exact) mass is 359 g/mol. The highest BCUT2D eigenvalue weighted by atomic mass is 16.5. The third-order valence-electron chi connectivity index (χ3n) is 5.20. The second kappa shape index (κ2) is 8.54. The number of amides is 2. The van der Waals surface area contributed by atoms with Crippen molar-refractivity contribution in [3.63, 3.8) is 0 Å². The average Bonchev–Trinajstić information content (AvgIpc) is 3.13. The molecule has 1 aromatic carbocycles. The Labute approximate surface area is 155 Å². The Morgan fingerprint density at radius 1 is 1.23 bits per heavy atom. The number of hydrogen-bond donors (Lipinski definition) is 2. The molecule has 2 saturated heterocycles. The van der Waals surface area contributed by atoms with Crippen LogP contribution in [0.3, 0.4) is 0 Å². The van der Waals surface area contributed by atoms with Crippen LogP contribution in [-0.4, -0.2) is 44.2 Å². The van der Waals surface area contributed by atoms with E-state index in [0.717, 1.165) is 57.0 Å². The van der Waals surface area contributed by atoms with Crippen molar-refractivity contribution in [1.82, 2.24) is 5.32 Å². The third kappa shape index (κ3) is 4.75. The number of benzene rings is 1. The van der Waals surface area contributed by atoms with E-state index in [1.807, 2.05) is 12.1 Å². The second-order valence-corrected chi connectivity index (χ2v) is 7.43. The maximum atomic E-state index is 12.9. The lowest BCUT2D eigenvalue weighted by atomic mass is 9.97. The summed E-state index contributed by atoms with van der Waals surface area (Å²) in [4.78, 5) is 26.5. The Hall–Kier alpha value is -2.08. The van der Waals surface area contributed by atoms with Gasteiger partial charge in [0.2, 0.25) is 5.91 Å². The number of rotatable bonds is 5. The first kappa shape index (κ1) is 18.7. The van der Waals surface area contributed by atoms with Crippen molar-refractivity contribution in [1.29, 1.82) is 0 Å². The molecule has 0 aliphatic carbocycles. The van der Waals surface area contributed by atoms with E-state index < -0.39 is 0 Å². The highest BCUT2D eigenvalue weighted by Crippen LogP contribution is 2.28. The van der Waals surface area contributed by atoms with Crippen LogP contribution in [0.4, 0.5) is 11.4 Å². The first-order valence-corrected chi connectivity index (χ1v) is 9.59. The van der Waals surface area contributed by atoms with Gasteiger partial charge in [0.15, 0.2) is 0 Å². The van der Waals surface area contributed by atoms with Crippen LogP contribution in [0.15, 0.2) is 18.2 Å². The lowest BCUT2D eigenvalue weighted by Gasteiger charge is -2.33. The predicted octanol–water partition coefficient (Wildman–Crippen LogP) is 2.79. The lowest BCUT2D eigenvalue weighted by molar-refractivity contribution is -0.114. The molecule has 2 amide bonds.